The summed E-state index contributed by atoms with van der Waals surface area (Å²) in [5.41, 5.74) is 2.59. The van der Waals surface area contributed by atoms with E-state index in [-0.39, 0.29) is 5.41 Å². The number of ketones is 1. The maximum absolute atomic E-state index is 12.3. The molecule has 5 rings (SSSR count). The second-order valence-electron chi connectivity index (χ2n) is 10.1. The zero-order valence-corrected chi connectivity index (χ0v) is 19.8. The molecule has 3 heteroatoms. The molecule has 0 amide bonds. The number of carbonyl (C=O) groups is 2. The first kappa shape index (κ1) is 23.8. The van der Waals surface area contributed by atoms with E-state index in [2.05, 4.69) is 19.9 Å². The van der Waals surface area contributed by atoms with E-state index in [1.165, 1.54) is 38.5 Å². The highest BCUT2D eigenvalue weighted by atomic mass is 16.4. The zero-order valence-electron chi connectivity index (χ0n) is 19.8. The molecule has 5 atom stereocenters. The molecule has 3 fully saturated rings. The molecular formula is C28H40O3. The molecule has 1 N–H and O–H groups in total. The SMILES string of the molecule is CC.CC12CCCCC1CCC1C2=CCC2(C)C(=O)CCC12.O=C(O)c1ccccc1. The van der Waals surface area contributed by atoms with Gasteiger partial charge in [0.2, 0.25) is 0 Å². The lowest BCUT2D eigenvalue weighted by Gasteiger charge is -2.55. The van der Waals surface area contributed by atoms with E-state index in [1.807, 2.05) is 13.8 Å². The Labute approximate surface area is 188 Å². The van der Waals surface area contributed by atoms with Gasteiger partial charge in [-0.1, -0.05) is 70.4 Å². The van der Waals surface area contributed by atoms with Crippen LogP contribution in [0.2, 0.25) is 0 Å². The third-order valence-corrected chi connectivity index (χ3v) is 8.68. The van der Waals surface area contributed by atoms with Gasteiger partial charge in [0, 0.05) is 11.8 Å². The molecular weight excluding hydrogens is 384 g/mol. The van der Waals surface area contributed by atoms with Gasteiger partial charge in [0.15, 0.2) is 0 Å². The summed E-state index contributed by atoms with van der Waals surface area (Å²) in [4.78, 5) is 22.5. The summed E-state index contributed by atoms with van der Waals surface area (Å²) < 4.78 is 0. The predicted molar refractivity (Wildman–Crippen MR) is 126 cm³/mol. The van der Waals surface area contributed by atoms with E-state index in [4.69, 9.17) is 5.11 Å². The molecule has 0 radical (unpaired) electrons. The summed E-state index contributed by atoms with van der Waals surface area (Å²) in [6, 6.07) is 8.30. The Bertz CT molecular complexity index is 811. The van der Waals surface area contributed by atoms with Crippen molar-refractivity contribution in [2.75, 3.05) is 0 Å². The maximum atomic E-state index is 12.3. The van der Waals surface area contributed by atoms with Crippen molar-refractivity contribution in [1.29, 1.82) is 0 Å². The number of carboxylic acid groups (broad SMARTS) is 1. The second kappa shape index (κ2) is 9.71. The van der Waals surface area contributed by atoms with Crippen LogP contribution in [-0.4, -0.2) is 16.9 Å². The Hall–Kier alpha value is -1.90. The number of fused-ring (bicyclic) bond motifs is 5. The van der Waals surface area contributed by atoms with Crippen molar-refractivity contribution in [3.8, 4) is 0 Å². The van der Waals surface area contributed by atoms with Gasteiger partial charge in [-0.15, -0.1) is 0 Å². The average molecular weight is 425 g/mol. The van der Waals surface area contributed by atoms with Crippen molar-refractivity contribution in [2.24, 2.45) is 28.6 Å². The van der Waals surface area contributed by atoms with Gasteiger partial charge in [0.05, 0.1) is 5.56 Å². The van der Waals surface area contributed by atoms with Gasteiger partial charge < -0.3 is 5.11 Å². The van der Waals surface area contributed by atoms with Gasteiger partial charge in [-0.3, -0.25) is 4.79 Å². The fraction of sp³-hybridized carbons (Fsp3) is 0.643. The summed E-state index contributed by atoms with van der Waals surface area (Å²) in [5, 5.41) is 8.38. The van der Waals surface area contributed by atoms with Crippen LogP contribution in [0, 0.1) is 28.6 Å². The van der Waals surface area contributed by atoms with Gasteiger partial charge in [-0.2, -0.15) is 0 Å². The van der Waals surface area contributed by atoms with E-state index >= 15 is 0 Å². The van der Waals surface area contributed by atoms with Crippen LogP contribution in [0.25, 0.3) is 0 Å². The first-order valence-electron chi connectivity index (χ1n) is 12.4. The highest BCUT2D eigenvalue weighted by Crippen LogP contribution is 2.63. The van der Waals surface area contributed by atoms with Crippen molar-refractivity contribution in [3.63, 3.8) is 0 Å². The first-order chi connectivity index (χ1) is 14.9. The molecule has 1 aromatic carbocycles. The minimum atomic E-state index is -0.879. The lowest BCUT2D eigenvalue weighted by atomic mass is 9.49. The van der Waals surface area contributed by atoms with Gasteiger partial charge in [0.25, 0.3) is 0 Å². The molecule has 4 aliphatic rings. The molecule has 0 aromatic heterocycles. The van der Waals surface area contributed by atoms with Crippen molar-refractivity contribution < 1.29 is 14.7 Å². The molecule has 1 aromatic rings. The standard InChI is InChI=1S/C19H28O.C7H6O2.C2H6/c1-18-11-4-3-5-13(18)6-7-14-15-8-9-17(20)19(15,2)12-10-16(14)18;8-7(9)6-4-2-1-3-5-6;1-2/h10,13-15H,3-9,11-12H2,1-2H3;1-5H,(H,8,9);1-2H3. The topological polar surface area (TPSA) is 54.4 Å². The van der Waals surface area contributed by atoms with E-state index in [0.717, 1.165) is 31.1 Å². The van der Waals surface area contributed by atoms with Crippen molar-refractivity contribution >= 4 is 11.8 Å². The summed E-state index contributed by atoms with van der Waals surface area (Å²) in [6.45, 7) is 8.81. The Balaban J connectivity index is 0.000000209. The molecule has 3 nitrogen and oxygen atoms in total. The normalized spacial score (nSPS) is 35.7. The first-order valence-corrected chi connectivity index (χ1v) is 12.4. The number of rotatable bonds is 1. The zero-order chi connectivity index (χ0) is 22.6. The molecule has 0 heterocycles. The Morgan fingerprint density at radius 3 is 2.32 bits per heavy atom. The quantitative estimate of drug-likeness (QED) is 0.480. The van der Waals surface area contributed by atoms with Gasteiger partial charge in [-0.05, 0) is 73.8 Å². The van der Waals surface area contributed by atoms with Gasteiger partial charge in [-0.25, -0.2) is 4.79 Å². The van der Waals surface area contributed by atoms with Gasteiger partial charge >= 0.3 is 5.97 Å². The van der Waals surface area contributed by atoms with Crippen molar-refractivity contribution in [1.82, 2.24) is 0 Å². The molecule has 170 valence electrons. The van der Waals surface area contributed by atoms with Gasteiger partial charge in [0.1, 0.15) is 5.78 Å². The van der Waals surface area contributed by atoms with Crippen LogP contribution in [0.1, 0.15) is 95.8 Å². The molecule has 3 saturated carbocycles. The highest BCUT2D eigenvalue weighted by Gasteiger charge is 2.56. The molecule has 4 aliphatic carbocycles. The Kier molecular flexibility index (Phi) is 7.44. The minimum absolute atomic E-state index is 0.00791. The van der Waals surface area contributed by atoms with Crippen molar-refractivity contribution in [3.05, 3.63) is 47.5 Å². The number of benzene rings is 1. The largest absolute Gasteiger partial charge is 0.478 e. The molecule has 0 spiro atoms. The molecule has 0 bridgehead atoms. The number of allylic oxidation sites excluding steroid dienone is 2. The third-order valence-electron chi connectivity index (χ3n) is 8.68. The van der Waals surface area contributed by atoms with Crippen LogP contribution in [-0.2, 0) is 4.79 Å². The Morgan fingerprint density at radius 1 is 0.968 bits per heavy atom. The summed E-state index contributed by atoms with van der Waals surface area (Å²) in [5.74, 6) is 2.00. The van der Waals surface area contributed by atoms with Crippen LogP contribution >= 0.6 is 0 Å². The van der Waals surface area contributed by atoms with Crippen LogP contribution in [0.5, 0.6) is 0 Å². The average Bonchev–Trinajstić information content (AvgIpc) is 3.10. The van der Waals surface area contributed by atoms with E-state index < -0.39 is 5.97 Å². The van der Waals surface area contributed by atoms with Crippen molar-refractivity contribution in [2.45, 2.75) is 85.5 Å². The van der Waals surface area contributed by atoms with Crippen LogP contribution < -0.4 is 0 Å². The fourth-order valence-corrected chi connectivity index (χ4v) is 6.92. The highest BCUT2D eigenvalue weighted by molar-refractivity contribution is 5.88. The maximum Gasteiger partial charge on any atom is 0.335 e. The summed E-state index contributed by atoms with van der Waals surface area (Å²) in [7, 11) is 0. The third kappa shape index (κ3) is 4.38. The number of hydrogen-bond acceptors (Lipinski definition) is 2. The van der Waals surface area contributed by atoms with E-state index in [0.29, 0.717) is 22.7 Å². The lowest BCUT2D eigenvalue weighted by Crippen LogP contribution is -2.46. The van der Waals surface area contributed by atoms with E-state index in [9.17, 15) is 9.59 Å². The monoisotopic (exact) mass is 424 g/mol. The molecule has 0 aliphatic heterocycles. The predicted octanol–water partition coefficient (Wildman–Crippen LogP) is 7.32. The Morgan fingerprint density at radius 2 is 1.68 bits per heavy atom. The summed E-state index contributed by atoms with van der Waals surface area (Å²) >= 11 is 0. The number of aromatic carboxylic acids is 1. The minimum Gasteiger partial charge on any atom is -0.478 e. The van der Waals surface area contributed by atoms with Crippen LogP contribution in [0.4, 0.5) is 0 Å². The lowest BCUT2D eigenvalue weighted by molar-refractivity contribution is -0.127. The number of hydrogen-bond donors (Lipinski definition) is 1. The van der Waals surface area contributed by atoms with E-state index in [1.54, 1.807) is 35.9 Å². The number of carboxylic acids is 1. The molecule has 31 heavy (non-hydrogen) atoms. The van der Waals surface area contributed by atoms with Crippen LogP contribution in [0.3, 0.4) is 0 Å². The molecule has 5 unspecified atom stereocenters. The fourth-order valence-electron chi connectivity index (χ4n) is 6.92. The van der Waals surface area contributed by atoms with Crippen LogP contribution in [0.15, 0.2) is 42.0 Å². The molecule has 0 saturated heterocycles. The number of carbonyl (C=O) groups excluding carboxylic acids is 1. The smallest absolute Gasteiger partial charge is 0.335 e. The number of Topliss-reactive ketones (excluding diaryl/α,β-unsaturated/α-hetero) is 1. The summed E-state index contributed by atoms with van der Waals surface area (Å²) in [6.07, 6.45) is 14.1. The second-order valence-corrected chi connectivity index (χ2v) is 10.1.